The molecule has 17 heavy (non-hydrogen) atoms. The van der Waals surface area contributed by atoms with E-state index in [1.54, 1.807) is 17.1 Å². The van der Waals surface area contributed by atoms with Crippen LogP contribution in [-0.4, -0.2) is 19.9 Å². The van der Waals surface area contributed by atoms with Gasteiger partial charge in [0, 0.05) is 37.6 Å². The van der Waals surface area contributed by atoms with Gasteiger partial charge in [-0.3, -0.25) is 9.67 Å². The van der Waals surface area contributed by atoms with Crippen molar-refractivity contribution in [1.29, 1.82) is 0 Å². The van der Waals surface area contributed by atoms with E-state index in [1.807, 2.05) is 32.3 Å². The summed E-state index contributed by atoms with van der Waals surface area (Å²) in [5.41, 5.74) is 2.97. The third-order valence-corrected chi connectivity index (χ3v) is 2.81. The van der Waals surface area contributed by atoms with Gasteiger partial charge in [-0.25, -0.2) is 0 Å². The van der Waals surface area contributed by atoms with Crippen LogP contribution in [0.3, 0.4) is 0 Å². The van der Waals surface area contributed by atoms with E-state index in [1.165, 1.54) is 0 Å². The fourth-order valence-corrected chi connectivity index (χ4v) is 1.96. The molecule has 0 radical (unpaired) electrons. The fourth-order valence-electron chi connectivity index (χ4n) is 1.96. The van der Waals surface area contributed by atoms with Crippen LogP contribution in [0.5, 0.6) is 0 Å². The molecule has 4 heteroatoms. The number of hydrogen-bond acceptors (Lipinski definition) is 3. The predicted molar refractivity (Wildman–Crippen MR) is 65.5 cm³/mol. The molecule has 0 saturated heterocycles. The number of nitrogens with zero attached hydrogens (tertiary/aromatic N) is 3. The Labute approximate surface area is 101 Å². The molecule has 0 bridgehead atoms. The molecule has 0 aliphatic carbocycles. The minimum Gasteiger partial charge on any atom is -0.388 e. The molecule has 1 unspecified atom stereocenters. The molecule has 90 valence electrons. The summed E-state index contributed by atoms with van der Waals surface area (Å²) >= 11 is 0. The molecule has 2 rings (SSSR count). The van der Waals surface area contributed by atoms with E-state index in [0.29, 0.717) is 6.42 Å². The Morgan fingerprint density at radius 1 is 1.35 bits per heavy atom. The standard InChI is InChI=1S/C13H17N3O/c1-3-12-11(9-16(2)15-12)13(17)8-10-4-6-14-7-5-10/h4-7,9,13,17H,3,8H2,1-2H3. The maximum absolute atomic E-state index is 10.2. The quantitative estimate of drug-likeness (QED) is 0.870. The Hall–Kier alpha value is -1.68. The summed E-state index contributed by atoms with van der Waals surface area (Å²) in [7, 11) is 1.88. The van der Waals surface area contributed by atoms with Gasteiger partial charge in [0.15, 0.2) is 0 Å². The van der Waals surface area contributed by atoms with E-state index >= 15 is 0 Å². The number of pyridine rings is 1. The van der Waals surface area contributed by atoms with E-state index in [0.717, 1.165) is 23.2 Å². The maximum atomic E-state index is 10.2. The lowest BCUT2D eigenvalue weighted by Gasteiger charge is -2.09. The average molecular weight is 231 g/mol. The van der Waals surface area contributed by atoms with Crippen LogP contribution in [0, 0.1) is 0 Å². The molecule has 1 N–H and O–H groups in total. The highest BCUT2D eigenvalue weighted by Gasteiger charge is 2.15. The molecule has 2 aromatic rings. The lowest BCUT2D eigenvalue weighted by Crippen LogP contribution is -2.03. The summed E-state index contributed by atoms with van der Waals surface area (Å²) in [4.78, 5) is 3.97. The van der Waals surface area contributed by atoms with Crippen LogP contribution in [0.1, 0.15) is 29.8 Å². The second kappa shape index (κ2) is 5.10. The van der Waals surface area contributed by atoms with E-state index in [-0.39, 0.29) is 0 Å². The van der Waals surface area contributed by atoms with E-state index in [4.69, 9.17) is 0 Å². The second-order valence-corrected chi connectivity index (χ2v) is 4.13. The normalized spacial score (nSPS) is 12.6. The SMILES string of the molecule is CCc1nn(C)cc1C(O)Cc1ccncc1. The van der Waals surface area contributed by atoms with Crippen molar-refractivity contribution in [3.05, 3.63) is 47.5 Å². The number of aliphatic hydroxyl groups is 1. The van der Waals surface area contributed by atoms with Crippen LogP contribution in [0.15, 0.2) is 30.7 Å². The average Bonchev–Trinajstić information content (AvgIpc) is 2.72. The Morgan fingerprint density at radius 3 is 2.71 bits per heavy atom. The summed E-state index contributed by atoms with van der Waals surface area (Å²) in [5.74, 6) is 0. The van der Waals surface area contributed by atoms with Crippen molar-refractivity contribution in [1.82, 2.24) is 14.8 Å². The van der Waals surface area contributed by atoms with Crippen LogP contribution in [-0.2, 0) is 19.9 Å². The zero-order valence-corrected chi connectivity index (χ0v) is 10.2. The fraction of sp³-hybridized carbons (Fsp3) is 0.385. The highest BCUT2D eigenvalue weighted by atomic mass is 16.3. The minimum atomic E-state index is -0.499. The molecule has 0 amide bonds. The second-order valence-electron chi connectivity index (χ2n) is 4.13. The van der Waals surface area contributed by atoms with Crippen LogP contribution in [0.25, 0.3) is 0 Å². The number of rotatable bonds is 4. The van der Waals surface area contributed by atoms with Crippen molar-refractivity contribution >= 4 is 0 Å². The molecule has 2 aromatic heterocycles. The lowest BCUT2D eigenvalue weighted by molar-refractivity contribution is 0.177. The molecule has 0 spiro atoms. The summed E-state index contributed by atoms with van der Waals surface area (Å²) < 4.78 is 1.75. The molecule has 0 aliphatic heterocycles. The van der Waals surface area contributed by atoms with Crippen molar-refractivity contribution in [2.24, 2.45) is 7.05 Å². The highest BCUT2D eigenvalue weighted by Crippen LogP contribution is 2.21. The summed E-state index contributed by atoms with van der Waals surface area (Å²) in [6.07, 6.45) is 6.31. The minimum absolute atomic E-state index is 0.499. The van der Waals surface area contributed by atoms with Gasteiger partial charge in [0.05, 0.1) is 11.8 Å². The van der Waals surface area contributed by atoms with Gasteiger partial charge in [-0.15, -0.1) is 0 Å². The molecule has 0 aromatic carbocycles. The first-order valence-electron chi connectivity index (χ1n) is 5.80. The molecular formula is C13H17N3O. The van der Waals surface area contributed by atoms with Gasteiger partial charge in [0.1, 0.15) is 0 Å². The molecule has 2 heterocycles. The Kier molecular flexibility index (Phi) is 3.54. The third-order valence-electron chi connectivity index (χ3n) is 2.81. The monoisotopic (exact) mass is 231 g/mol. The summed E-state index contributed by atoms with van der Waals surface area (Å²) in [6.45, 7) is 2.05. The lowest BCUT2D eigenvalue weighted by atomic mass is 10.0. The van der Waals surface area contributed by atoms with Gasteiger partial charge in [-0.1, -0.05) is 6.92 Å². The van der Waals surface area contributed by atoms with Gasteiger partial charge in [0.25, 0.3) is 0 Å². The zero-order chi connectivity index (χ0) is 12.3. The largest absolute Gasteiger partial charge is 0.388 e. The molecule has 1 atom stereocenters. The van der Waals surface area contributed by atoms with Crippen LogP contribution in [0.4, 0.5) is 0 Å². The number of hydrogen-bond donors (Lipinski definition) is 1. The van der Waals surface area contributed by atoms with Crippen molar-refractivity contribution in [3.8, 4) is 0 Å². The van der Waals surface area contributed by atoms with Crippen molar-refractivity contribution in [2.75, 3.05) is 0 Å². The predicted octanol–water partition coefficient (Wildman–Crippen LogP) is 1.65. The van der Waals surface area contributed by atoms with Gasteiger partial charge in [-0.2, -0.15) is 5.10 Å². The van der Waals surface area contributed by atoms with E-state index < -0.39 is 6.10 Å². The highest BCUT2D eigenvalue weighted by molar-refractivity contribution is 5.23. The van der Waals surface area contributed by atoms with Gasteiger partial charge in [0.2, 0.25) is 0 Å². The molecular weight excluding hydrogens is 214 g/mol. The van der Waals surface area contributed by atoms with E-state index in [9.17, 15) is 5.11 Å². The number of aromatic nitrogens is 3. The summed E-state index contributed by atoms with van der Waals surface area (Å²) in [5, 5.41) is 14.6. The third kappa shape index (κ3) is 2.71. The van der Waals surface area contributed by atoms with Gasteiger partial charge in [-0.05, 0) is 24.1 Å². The van der Waals surface area contributed by atoms with Crippen molar-refractivity contribution in [3.63, 3.8) is 0 Å². The van der Waals surface area contributed by atoms with Crippen LogP contribution < -0.4 is 0 Å². The molecule has 0 fully saturated rings. The Morgan fingerprint density at radius 2 is 2.06 bits per heavy atom. The number of aliphatic hydroxyl groups excluding tert-OH is 1. The van der Waals surface area contributed by atoms with Crippen molar-refractivity contribution in [2.45, 2.75) is 25.9 Å². The first-order valence-corrected chi connectivity index (χ1v) is 5.80. The molecule has 0 aliphatic rings. The topological polar surface area (TPSA) is 50.9 Å². The van der Waals surface area contributed by atoms with Gasteiger partial charge >= 0.3 is 0 Å². The Bertz CT molecular complexity index is 479. The maximum Gasteiger partial charge on any atom is 0.0863 e. The van der Waals surface area contributed by atoms with Gasteiger partial charge < -0.3 is 5.11 Å². The smallest absolute Gasteiger partial charge is 0.0863 e. The first kappa shape index (κ1) is 11.8. The van der Waals surface area contributed by atoms with E-state index in [2.05, 4.69) is 10.1 Å². The molecule has 0 saturated carbocycles. The first-order chi connectivity index (χ1) is 8.20. The molecule has 4 nitrogen and oxygen atoms in total. The van der Waals surface area contributed by atoms with Crippen LogP contribution in [0.2, 0.25) is 0 Å². The zero-order valence-electron chi connectivity index (χ0n) is 10.2. The number of aryl methyl sites for hydroxylation is 2. The summed E-state index contributed by atoms with van der Waals surface area (Å²) in [6, 6.07) is 3.84. The van der Waals surface area contributed by atoms with Crippen LogP contribution >= 0.6 is 0 Å². The Balaban J connectivity index is 2.17. The van der Waals surface area contributed by atoms with Crippen molar-refractivity contribution < 1.29 is 5.11 Å².